The number of ether oxygens (including phenoxy) is 1. The summed E-state index contributed by atoms with van der Waals surface area (Å²) in [5.41, 5.74) is -1.47. The minimum absolute atomic E-state index is 0.0951. The molecule has 0 aliphatic heterocycles. The summed E-state index contributed by atoms with van der Waals surface area (Å²) in [6, 6.07) is 9.59. The van der Waals surface area contributed by atoms with Crippen molar-refractivity contribution in [3.8, 4) is 5.75 Å². The van der Waals surface area contributed by atoms with Gasteiger partial charge in [0.2, 0.25) is 0 Å². The molecule has 24 heavy (non-hydrogen) atoms. The Balaban J connectivity index is 2.13. The van der Waals surface area contributed by atoms with Gasteiger partial charge in [0.15, 0.2) is 0 Å². The molecule has 0 fully saturated rings. The van der Waals surface area contributed by atoms with Crippen LogP contribution in [-0.2, 0) is 5.60 Å². The van der Waals surface area contributed by atoms with Crippen molar-refractivity contribution in [2.24, 2.45) is 0 Å². The fourth-order valence-corrected chi connectivity index (χ4v) is 2.30. The molecule has 0 aromatic heterocycles. The molecule has 0 saturated heterocycles. The maximum absolute atomic E-state index is 13.8. The van der Waals surface area contributed by atoms with Crippen LogP contribution in [0.2, 0.25) is 0 Å². The SMILES string of the molecule is CCOc1ccccc1C(=O)NCC(C)(O)c1ccc(F)cc1F. The summed E-state index contributed by atoms with van der Waals surface area (Å²) in [7, 11) is 0. The summed E-state index contributed by atoms with van der Waals surface area (Å²) in [6.45, 7) is 3.31. The fourth-order valence-electron chi connectivity index (χ4n) is 2.30. The minimum atomic E-state index is -1.69. The molecule has 0 radical (unpaired) electrons. The lowest BCUT2D eigenvalue weighted by Gasteiger charge is -2.25. The highest BCUT2D eigenvalue weighted by molar-refractivity contribution is 5.96. The number of nitrogens with one attached hydrogen (secondary N) is 1. The molecule has 2 aromatic carbocycles. The number of amides is 1. The first-order valence-corrected chi connectivity index (χ1v) is 7.53. The Morgan fingerprint density at radius 2 is 1.96 bits per heavy atom. The second-order valence-corrected chi connectivity index (χ2v) is 5.51. The first-order chi connectivity index (χ1) is 11.3. The van der Waals surface area contributed by atoms with E-state index in [1.807, 2.05) is 0 Å². The van der Waals surface area contributed by atoms with Crippen LogP contribution in [0.25, 0.3) is 0 Å². The van der Waals surface area contributed by atoms with E-state index in [1.54, 1.807) is 31.2 Å². The van der Waals surface area contributed by atoms with Gasteiger partial charge in [0, 0.05) is 11.6 Å². The average Bonchev–Trinajstić information content (AvgIpc) is 2.53. The molecule has 0 aliphatic carbocycles. The molecule has 1 unspecified atom stereocenters. The van der Waals surface area contributed by atoms with Crippen molar-refractivity contribution in [1.82, 2.24) is 5.32 Å². The van der Waals surface area contributed by atoms with E-state index in [0.717, 1.165) is 12.1 Å². The minimum Gasteiger partial charge on any atom is -0.493 e. The van der Waals surface area contributed by atoms with Crippen molar-refractivity contribution in [2.45, 2.75) is 19.4 Å². The van der Waals surface area contributed by atoms with Gasteiger partial charge >= 0.3 is 0 Å². The molecule has 0 spiro atoms. The first kappa shape index (κ1) is 17.9. The van der Waals surface area contributed by atoms with Crippen LogP contribution in [-0.4, -0.2) is 24.2 Å². The number of hydrogen-bond acceptors (Lipinski definition) is 3. The third-order valence-electron chi connectivity index (χ3n) is 3.54. The number of carbonyl (C=O) groups excluding carboxylic acids is 1. The van der Waals surface area contributed by atoms with Gasteiger partial charge in [-0.25, -0.2) is 8.78 Å². The molecular formula is C18H19F2NO3. The van der Waals surface area contributed by atoms with E-state index < -0.39 is 23.1 Å². The molecular weight excluding hydrogens is 316 g/mol. The van der Waals surface area contributed by atoms with Crippen LogP contribution in [0.1, 0.15) is 29.8 Å². The zero-order chi connectivity index (χ0) is 17.7. The predicted octanol–water partition coefficient (Wildman–Crippen LogP) is 3.00. The van der Waals surface area contributed by atoms with Crippen LogP contribution in [0.3, 0.4) is 0 Å². The predicted molar refractivity (Wildman–Crippen MR) is 85.9 cm³/mol. The van der Waals surface area contributed by atoms with Gasteiger partial charge in [-0.1, -0.05) is 18.2 Å². The van der Waals surface area contributed by atoms with E-state index in [0.29, 0.717) is 24.0 Å². The number of carbonyl (C=O) groups is 1. The maximum Gasteiger partial charge on any atom is 0.255 e. The van der Waals surface area contributed by atoms with E-state index in [-0.39, 0.29) is 12.1 Å². The van der Waals surface area contributed by atoms with Crippen LogP contribution in [0.15, 0.2) is 42.5 Å². The van der Waals surface area contributed by atoms with Crippen molar-refractivity contribution >= 4 is 5.91 Å². The van der Waals surface area contributed by atoms with Crippen molar-refractivity contribution in [1.29, 1.82) is 0 Å². The first-order valence-electron chi connectivity index (χ1n) is 7.53. The van der Waals surface area contributed by atoms with Crippen LogP contribution in [0, 0.1) is 11.6 Å². The van der Waals surface area contributed by atoms with Gasteiger partial charge < -0.3 is 15.2 Å². The molecule has 0 bridgehead atoms. The summed E-state index contributed by atoms with van der Waals surface area (Å²) in [6.07, 6.45) is 0. The third-order valence-corrected chi connectivity index (χ3v) is 3.54. The zero-order valence-electron chi connectivity index (χ0n) is 13.5. The highest BCUT2D eigenvalue weighted by atomic mass is 19.1. The van der Waals surface area contributed by atoms with Crippen molar-refractivity contribution in [3.63, 3.8) is 0 Å². The molecule has 2 N–H and O–H groups in total. The summed E-state index contributed by atoms with van der Waals surface area (Å²) in [5, 5.41) is 13.0. The standard InChI is InChI=1S/C18H19F2NO3/c1-3-24-16-7-5-4-6-13(16)17(22)21-11-18(2,23)14-9-8-12(19)10-15(14)20/h4-10,23H,3,11H2,1-2H3,(H,21,22). The van der Waals surface area contributed by atoms with Gasteiger partial charge in [-0.15, -0.1) is 0 Å². The summed E-state index contributed by atoms with van der Waals surface area (Å²) >= 11 is 0. The fraction of sp³-hybridized carbons (Fsp3) is 0.278. The van der Waals surface area contributed by atoms with Gasteiger partial charge in [0.05, 0.1) is 18.7 Å². The van der Waals surface area contributed by atoms with E-state index in [9.17, 15) is 18.7 Å². The Kier molecular flexibility index (Phi) is 5.51. The number of halogens is 2. The second kappa shape index (κ2) is 7.40. The van der Waals surface area contributed by atoms with Crippen molar-refractivity contribution in [2.75, 3.05) is 13.2 Å². The highest BCUT2D eigenvalue weighted by Crippen LogP contribution is 2.24. The number of para-hydroxylation sites is 1. The Morgan fingerprint density at radius 1 is 1.25 bits per heavy atom. The summed E-state index contributed by atoms with van der Waals surface area (Å²) in [4.78, 5) is 12.3. The van der Waals surface area contributed by atoms with Crippen molar-refractivity contribution in [3.05, 3.63) is 65.2 Å². The highest BCUT2D eigenvalue weighted by Gasteiger charge is 2.28. The third kappa shape index (κ3) is 4.08. The van der Waals surface area contributed by atoms with Gasteiger partial charge in [-0.05, 0) is 32.0 Å². The topological polar surface area (TPSA) is 58.6 Å². The largest absolute Gasteiger partial charge is 0.493 e. The van der Waals surface area contributed by atoms with Gasteiger partial charge in [0.25, 0.3) is 5.91 Å². The molecule has 0 aliphatic rings. The average molecular weight is 335 g/mol. The van der Waals surface area contributed by atoms with E-state index in [4.69, 9.17) is 4.74 Å². The van der Waals surface area contributed by atoms with Crippen LogP contribution < -0.4 is 10.1 Å². The Hall–Kier alpha value is -2.47. The van der Waals surface area contributed by atoms with Gasteiger partial charge in [-0.2, -0.15) is 0 Å². The lowest BCUT2D eigenvalue weighted by molar-refractivity contribution is 0.0493. The molecule has 0 saturated carbocycles. The number of rotatable bonds is 6. The van der Waals surface area contributed by atoms with E-state index in [1.165, 1.54) is 6.92 Å². The molecule has 2 rings (SSSR count). The molecule has 2 aromatic rings. The van der Waals surface area contributed by atoms with Crippen LogP contribution in [0.5, 0.6) is 5.75 Å². The monoisotopic (exact) mass is 335 g/mol. The molecule has 0 heterocycles. The van der Waals surface area contributed by atoms with Gasteiger partial charge in [-0.3, -0.25) is 4.79 Å². The number of aliphatic hydroxyl groups is 1. The Bertz CT molecular complexity index is 732. The maximum atomic E-state index is 13.8. The zero-order valence-corrected chi connectivity index (χ0v) is 13.5. The van der Waals surface area contributed by atoms with E-state index >= 15 is 0 Å². The van der Waals surface area contributed by atoms with Crippen LogP contribution >= 0.6 is 0 Å². The lowest BCUT2D eigenvalue weighted by atomic mass is 9.95. The van der Waals surface area contributed by atoms with E-state index in [2.05, 4.69) is 5.32 Å². The summed E-state index contributed by atoms with van der Waals surface area (Å²) < 4.78 is 32.2. The molecule has 1 atom stereocenters. The van der Waals surface area contributed by atoms with Crippen molar-refractivity contribution < 1.29 is 23.4 Å². The number of benzene rings is 2. The normalized spacial score (nSPS) is 13.2. The lowest BCUT2D eigenvalue weighted by Crippen LogP contribution is -2.39. The molecule has 6 heteroatoms. The summed E-state index contributed by atoms with van der Waals surface area (Å²) in [5.74, 6) is -1.64. The Labute approximate surface area is 139 Å². The molecule has 4 nitrogen and oxygen atoms in total. The van der Waals surface area contributed by atoms with Crippen LogP contribution in [0.4, 0.5) is 8.78 Å². The quantitative estimate of drug-likeness (QED) is 0.853. The molecule has 128 valence electrons. The Morgan fingerprint density at radius 3 is 2.62 bits per heavy atom. The number of hydrogen-bond donors (Lipinski definition) is 2. The van der Waals surface area contributed by atoms with Gasteiger partial charge in [0.1, 0.15) is 23.0 Å². The molecule has 1 amide bonds. The smallest absolute Gasteiger partial charge is 0.255 e. The second-order valence-electron chi connectivity index (χ2n) is 5.51.